The first-order valence-electron chi connectivity index (χ1n) is 4.42. The lowest BCUT2D eigenvalue weighted by atomic mass is 10.2. The number of benzene rings is 1. The maximum absolute atomic E-state index is 11.7. The van der Waals surface area contributed by atoms with E-state index in [4.69, 9.17) is 11.6 Å². The average molecular weight is 243 g/mol. The van der Waals surface area contributed by atoms with Crippen LogP contribution in [0.5, 0.6) is 0 Å². The lowest BCUT2D eigenvalue weighted by Gasteiger charge is -2.17. The van der Waals surface area contributed by atoms with E-state index in [0.29, 0.717) is 5.56 Å². The van der Waals surface area contributed by atoms with Crippen LogP contribution in [0.2, 0.25) is 0 Å². The van der Waals surface area contributed by atoms with Gasteiger partial charge in [-0.15, -0.1) is 0 Å². The van der Waals surface area contributed by atoms with Gasteiger partial charge in [0.1, 0.15) is 0 Å². The van der Waals surface area contributed by atoms with Gasteiger partial charge in [-0.25, -0.2) is 0 Å². The van der Waals surface area contributed by atoms with Gasteiger partial charge in [-0.05, 0) is 25.4 Å². The highest BCUT2D eigenvalue weighted by atomic mass is 35.5. The standard InChI is InChI=1S/C11H11ClO2S/c1-11(2,10(12)14)15-9(13)8-6-4-3-5-7-8/h3-7H,1-2H3. The summed E-state index contributed by atoms with van der Waals surface area (Å²) in [6.07, 6.45) is 0. The quantitative estimate of drug-likeness (QED) is 0.764. The predicted octanol–water partition coefficient (Wildman–Crippen LogP) is 3.10. The molecule has 0 fully saturated rings. The molecule has 0 unspecified atom stereocenters. The third-order valence-corrected chi connectivity index (χ3v) is 3.53. The van der Waals surface area contributed by atoms with E-state index >= 15 is 0 Å². The minimum atomic E-state index is -0.880. The maximum Gasteiger partial charge on any atom is 0.237 e. The van der Waals surface area contributed by atoms with E-state index in [1.165, 1.54) is 0 Å². The van der Waals surface area contributed by atoms with Crippen molar-refractivity contribution in [2.24, 2.45) is 0 Å². The Labute approximate surface area is 98.0 Å². The van der Waals surface area contributed by atoms with Gasteiger partial charge in [0.25, 0.3) is 0 Å². The molecule has 0 saturated carbocycles. The smallest absolute Gasteiger partial charge is 0.237 e. The molecule has 0 saturated heterocycles. The SMILES string of the molecule is CC(C)(SC(=O)c1ccccc1)C(=O)Cl. The van der Waals surface area contributed by atoms with Crippen LogP contribution in [0.4, 0.5) is 0 Å². The van der Waals surface area contributed by atoms with Gasteiger partial charge >= 0.3 is 0 Å². The number of halogens is 1. The third-order valence-electron chi connectivity index (χ3n) is 1.83. The van der Waals surface area contributed by atoms with Crippen LogP contribution in [0.15, 0.2) is 30.3 Å². The summed E-state index contributed by atoms with van der Waals surface area (Å²) in [5.74, 6) is 0. The Balaban J connectivity index is 2.77. The van der Waals surface area contributed by atoms with E-state index < -0.39 is 9.99 Å². The summed E-state index contributed by atoms with van der Waals surface area (Å²) < 4.78 is -0.880. The summed E-state index contributed by atoms with van der Waals surface area (Å²) in [6.45, 7) is 3.27. The Hall–Kier alpha value is -0.800. The molecule has 4 heteroatoms. The first-order chi connectivity index (χ1) is 6.93. The molecule has 1 aromatic carbocycles. The molecule has 15 heavy (non-hydrogen) atoms. The van der Waals surface area contributed by atoms with Crippen LogP contribution in [0.1, 0.15) is 24.2 Å². The van der Waals surface area contributed by atoms with E-state index in [0.717, 1.165) is 11.8 Å². The van der Waals surface area contributed by atoms with Crippen LogP contribution < -0.4 is 0 Å². The fourth-order valence-corrected chi connectivity index (χ4v) is 1.82. The van der Waals surface area contributed by atoms with Crippen molar-refractivity contribution in [3.8, 4) is 0 Å². The van der Waals surface area contributed by atoms with Crippen molar-refractivity contribution in [2.75, 3.05) is 0 Å². The summed E-state index contributed by atoms with van der Waals surface area (Å²) in [4.78, 5) is 22.7. The monoisotopic (exact) mass is 242 g/mol. The van der Waals surface area contributed by atoms with Crippen LogP contribution in [0.25, 0.3) is 0 Å². The van der Waals surface area contributed by atoms with Crippen LogP contribution in [0.3, 0.4) is 0 Å². The third kappa shape index (κ3) is 3.36. The van der Waals surface area contributed by atoms with E-state index in [9.17, 15) is 9.59 Å². The number of hydrogen-bond donors (Lipinski definition) is 0. The van der Waals surface area contributed by atoms with Crippen LogP contribution in [-0.4, -0.2) is 15.1 Å². The van der Waals surface area contributed by atoms with Crippen molar-refractivity contribution in [1.82, 2.24) is 0 Å². The van der Waals surface area contributed by atoms with E-state index in [2.05, 4.69) is 0 Å². The minimum absolute atomic E-state index is 0.144. The van der Waals surface area contributed by atoms with Crippen molar-refractivity contribution >= 4 is 33.7 Å². The largest absolute Gasteiger partial charge is 0.282 e. The minimum Gasteiger partial charge on any atom is -0.282 e. The molecule has 1 rings (SSSR count). The second kappa shape index (κ2) is 4.81. The first-order valence-corrected chi connectivity index (χ1v) is 5.61. The van der Waals surface area contributed by atoms with Gasteiger partial charge in [-0.2, -0.15) is 0 Å². The zero-order valence-electron chi connectivity index (χ0n) is 8.49. The molecule has 0 bridgehead atoms. The second-order valence-electron chi connectivity index (χ2n) is 3.54. The molecule has 0 aliphatic carbocycles. The van der Waals surface area contributed by atoms with Gasteiger partial charge in [0.2, 0.25) is 10.4 Å². The van der Waals surface area contributed by atoms with Gasteiger partial charge < -0.3 is 0 Å². The lowest BCUT2D eigenvalue weighted by Crippen LogP contribution is -2.25. The van der Waals surface area contributed by atoms with E-state index in [1.807, 2.05) is 6.07 Å². The van der Waals surface area contributed by atoms with Crippen LogP contribution in [0, 0.1) is 0 Å². The Morgan fingerprint density at radius 3 is 2.20 bits per heavy atom. The summed E-state index contributed by atoms with van der Waals surface area (Å²) >= 11 is 6.33. The topological polar surface area (TPSA) is 34.1 Å². The predicted molar refractivity (Wildman–Crippen MR) is 63.3 cm³/mol. The molecular weight excluding hydrogens is 232 g/mol. The highest BCUT2D eigenvalue weighted by Gasteiger charge is 2.30. The molecule has 0 heterocycles. The molecule has 0 spiro atoms. The molecule has 1 aromatic rings. The normalized spacial score (nSPS) is 11.1. The van der Waals surface area contributed by atoms with Gasteiger partial charge in [-0.3, -0.25) is 9.59 Å². The maximum atomic E-state index is 11.7. The molecule has 2 nitrogen and oxygen atoms in total. The molecule has 0 aromatic heterocycles. The van der Waals surface area contributed by atoms with Crippen LogP contribution >= 0.6 is 23.4 Å². The average Bonchev–Trinajstić information content (AvgIpc) is 2.18. The van der Waals surface area contributed by atoms with Crippen molar-refractivity contribution < 1.29 is 9.59 Å². The van der Waals surface area contributed by atoms with Crippen molar-refractivity contribution in [3.63, 3.8) is 0 Å². The molecule has 0 aliphatic rings. The number of carbonyl (C=O) groups excluding carboxylic acids is 2. The molecule has 0 aliphatic heterocycles. The fraction of sp³-hybridized carbons (Fsp3) is 0.273. The first kappa shape index (κ1) is 12.3. The van der Waals surface area contributed by atoms with E-state index in [1.54, 1.807) is 38.1 Å². The lowest BCUT2D eigenvalue weighted by molar-refractivity contribution is -0.113. The second-order valence-corrected chi connectivity index (χ2v) is 5.48. The fourth-order valence-electron chi connectivity index (χ4n) is 0.905. The van der Waals surface area contributed by atoms with Crippen molar-refractivity contribution in [2.45, 2.75) is 18.6 Å². The summed E-state index contributed by atoms with van der Waals surface area (Å²) in [5.41, 5.74) is 0.577. The number of carbonyl (C=O) groups is 2. The molecule has 0 N–H and O–H groups in total. The van der Waals surface area contributed by atoms with Gasteiger partial charge in [0.05, 0.1) is 4.75 Å². The van der Waals surface area contributed by atoms with Crippen molar-refractivity contribution in [1.29, 1.82) is 0 Å². The Morgan fingerprint density at radius 1 is 1.20 bits per heavy atom. The summed E-state index contributed by atoms with van der Waals surface area (Å²) in [7, 11) is 0. The molecule has 0 amide bonds. The van der Waals surface area contributed by atoms with Crippen LogP contribution in [-0.2, 0) is 4.79 Å². The summed E-state index contributed by atoms with van der Waals surface area (Å²) in [6, 6.07) is 8.82. The summed E-state index contributed by atoms with van der Waals surface area (Å²) in [5, 5.41) is -0.661. The highest BCUT2D eigenvalue weighted by Crippen LogP contribution is 2.30. The molecule has 80 valence electrons. The van der Waals surface area contributed by atoms with Gasteiger partial charge in [-0.1, -0.05) is 42.1 Å². The number of thioether (sulfide) groups is 1. The number of hydrogen-bond acceptors (Lipinski definition) is 3. The van der Waals surface area contributed by atoms with Gasteiger partial charge in [0.15, 0.2) is 0 Å². The van der Waals surface area contributed by atoms with Gasteiger partial charge in [0, 0.05) is 5.56 Å². The molecule has 0 radical (unpaired) electrons. The molecular formula is C11H11ClO2S. The Morgan fingerprint density at radius 2 is 1.73 bits per heavy atom. The molecule has 0 atom stereocenters. The van der Waals surface area contributed by atoms with E-state index in [-0.39, 0.29) is 5.12 Å². The highest BCUT2D eigenvalue weighted by molar-refractivity contribution is 8.16. The number of rotatable bonds is 3. The van der Waals surface area contributed by atoms with Crippen molar-refractivity contribution in [3.05, 3.63) is 35.9 Å². The Kier molecular flexibility index (Phi) is 3.94. The Bertz CT molecular complexity index is 373. The zero-order valence-corrected chi connectivity index (χ0v) is 10.1. The zero-order chi connectivity index (χ0) is 11.5.